The largest absolute Gasteiger partial charge is 0.490 e. The molecule has 170 valence electrons. The van der Waals surface area contributed by atoms with Gasteiger partial charge in [0.05, 0.1) is 22.2 Å². The zero-order valence-corrected chi connectivity index (χ0v) is 18.5. The van der Waals surface area contributed by atoms with E-state index in [1.165, 1.54) is 6.07 Å². The molecule has 1 aromatic heterocycles. The summed E-state index contributed by atoms with van der Waals surface area (Å²) >= 11 is 6.62. The van der Waals surface area contributed by atoms with Gasteiger partial charge in [0.1, 0.15) is 24.4 Å². The molecule has 0 N–H and O–H groups in total. The molecule has 8 heteroatoms. The molecule has 4 nitrogen and oxygen atoms in total. The van der Waals surface area contributed by atoms with E-state index in [1.54, 1.807) is 32.0 Å². The summed E-state index contributed by atoms with van der Waals surface area (Å²) in [5, 5.41) is 1.41. The number of hydrogen-bond acceptors (Lipinski definition) is 3. The number of aromatic nitrogens is 1. The third kappa shape index (κ3) is 4.31. The van der Waals surface area contributed by atoms with E-state index in [0.29, 0.717) is 22.8 Å². The number of fused-ring (bicyclic) bond motifs is 3. The van der Waals surface area contributed by atoms with Crippen molar-refractivity contribution >= 4 is 28.8 Å². The summed E-state index contributed by atoms with van der Waals surface area (Å²) in [4.78, 5) is 11.0. The Morgan fingerprint density at radius 1 is 1.22 bits per heavy atom. The highest BCUT2D eigenvalue weighted by Crippen LogP contribution is 2.43. The van der Waals surface area contributed by atoms with Gasteiger partial charge in [0.15, 0.2) is 0 Å². The van der Waals surface area contributed by atoms with Gasteiger partial charge < -0.3 is 18.8 Å². The summed E-state index contributed by atoms with van der Waals surface area (Å²) in [5.74, 6) is 0.411. The first-order valence-corrected chi connectivity index (χ1v) is 10.8. The first-order chi connectivity index (χ1) is 15.2. The Balaban J connectivity index is 1.57. The van der Waals surface area contributed by atoms with E-state index in [4.69, 9.17) is 21.1 Å². The van der Waals surface area contributed by atoms with Crippen molar-refractivity contribution in [2.75, 3.05) is 0 Å². The first-order valence-electron chi connectivity index (χ1n) is 10.4. The number of benzene rings is 2. The second kappa shape index (κ2) is 8.70. The van der Waals surface area contributed by atoms with Gasteiger partial charge in [0.2, 0.25) is 0 Å². The molecule has 32 heavy (non-hydrogen) atoms. The third-order valence-corrected chi connectivity index (χ3v) is 5.99. The van der Waals surface area contributed by atoms with Crippen molar-refractivity contribution < 1.29 is 27.4 Å². The van der Waals surface area contributed by atoms with Crippen LogP contribution in [-0.2, 0) is 24.1 Å². The van der Waals surface area contributed by atoms with E-state index in [-0.39, 0.29) is 24.4 Å². The number of carbonyl (C=O) groups is 1. The Kier molecular flexibility index (Phi) is 6.12. The fourth-order valence-corrected chi connectivity index (χ4v) is 4.63. The summed E-state index contributed by atoms with van der Waals surface area (Å²) in [6, 6.07) is 9.41. The molecular formula is C24H23ClF3NO3. The van der Waals surface area contributed by atoms with Crippen molar-refractivity contribution in [1.29, 1.82) is 0 Å². The van der Waals surface area contributed by atoms with Crippen LogP contribution in [0.25, 0.3) is 10.9 Å². The fraction of sp³-hybridized carbons (Fsp3) is 0.375. The standard InChI is InChI=1S/C24H23ClF3NO3/c1-14(2)32-21-6-3-15(11-19(21)24(26,27)28)13-31-17-4-5-20-18(12-17)22(25)23-16(8-10-30)7-9-29(20)23/h3-6,10-12,14,16H,7-9,13H2,1-2H3/t16-/m1/s1. The first kappa shape index (κ1) is 22.5. The van der Waals surface area contributed by atoms with E-state index < -0.39 is 11.7 Å². The molecule has 2 heterocycles. The second-order valence-corrected chi connectivity index (χ2v) is 8.58. The van der Waals surface area contributed by atoms with Crippen molar-refractivity contribution in [3.05, 3.63) is 58.2 Å². The van der Waals surface area contributed by atoms with Crippen LogP contribution in [0.3, 0.4) is 0 Å². The van der Waals surface area contributed by atoms with Gasteiger partial charge in [-0.25, -0.2) is 0 Å². The quantitative estimate of drug-likeness (QED) is 0.362. The van der Waals surface area contributed by atoms with E-state index in [9.17, 15) is 18.0 Å². The highest BCUT2D eigenvalue weighted by molar-refractivity contribution is 6.36. The topological polar surface area (TPSA) is 40.5 Å². The van der Waals surface area contributed by atoms with Crippen molar-refractivity contribution in [2.45, 2.75) is 58.0 Å². The van der Waals surface area contributed by atoms with Gasteiger partial charge in [-0.05, 0) is 56.2 Å². The summed E-state index contributed by atoms with van der Waals surface area (Å²) in [5.41, 5.74) is 1.47. The van der Waals surface area contributed by atoms with E-state index in [2.05, 4.69) is 4.57 Å². The van der Waals surface area contributed by atoms with Crippen LogP contribution in [0.1, 0.15) is 49.4 Å². The van der Waals surface area contributed by atoms with Crippen LogP contribution < -0.4 is 9.47 Å². The monoisotopic (exact) mass is 465 g/mol. The molecule has 4 rings (SSSR count). The van der Waals surface area contributed by atoms with Gasteiger partial charge in [-0.3, -0.25) is 0 Å². The van der Waals surface area contributed by atoms with Crippen molar-refractivity contribution in [3.63, 3.8) is 0 Å². The number of rotatable bonds is 7. The van der Waals surface area contributed by atoms with Gasteiger partial charge in [-0.15, -0.1) is 0 Å². The van der Waals surface area contributed by atoms with Crippen LogP contribution in [0.15, 0.2) is 36.4 Å². The molecule has 1 aliphatic rings. The van der Waals surface area contributed by atoms with Gasteiger partial charge in [-0.1, -0.05) is 17.7 Å². The van der Waals surface area contributed by atoms with Crippen LogP contribution >= 0.6 is 11.6 Å². The van der Waals surface area contributed by atoms with Gasteiger partial charge in [0, 0.05) is 30.0 Å². The minimum Gasteiger partial charge on any atom is -0.490 e. The van der Waals surface area contributed by atoms with Gasteiger partial charge in [-0.2, -0.15) is 13.2 Å². The van der Waals surface area contributed by atoms with Gasteiger partial charge >= 0.3 is 6.18 Å². The van der Waals surface area contributed by atoms with E-state index in [0.717, 1.165) is 41.9 Å². The maximum absolute atomic E-state index is 13.5. The number of aryl methyl sites for hydroxylation is 1. The summed E-state index contributed by atoms with van der Waals surface area (Å²) in [6.45, 7) is 4.12. The molecule has 2 aromatic carbocycles. The highest BCUT2D eigenvalue weighted by atomic mass is 35.5. The maximum atomic E-state index is 13.5. The normalized spacial score (nSPS) is 15.9. The molecule has 0 fully saturated rings. The van der Waals surface area contributed by atoms with Crippen LogP contribution in [-0.4, -0.2) is 17.0 Å². The number of nitrogens with zero attached hydrogens (tertiary/aromatic N) is 1. The molecule has 0 saturated carbocycles. The molecule has 0 amide bonds. The predicted octanol–water partition coefficient (Wildman–Crippen LogP) is 6.76. The number of halogens is 4. The van der Waals surface area contributed by atoms with E-state index >= 15 is 0 Å². The SMILES string of the molecule is CC(C)Oc1ccc(COc2ccc3c(c2)c(Cl)c2n3CC[C@@H]2CC=O)cc1C(F)(F)F. The summed E-state index contributed by atoms with van der Waals surface area (Å²) in [6.07, 6.45) is -2.69. The molecule has 1 atom stereocenters. The zero-order chi connectivity index (χ0) is 23.0. The maximum Gasteiger partial charge on any atom is 0.419 e. The third-order valence-electron chi connectivity index (χ3n) is 5.60. The smallest absolute Gasteiger partial charge is 0.419 e. The van der Waals surface area contributed by atoms with Gasteiger partial charge in [0.25, 0.3) is 0 Å². The molecule has 1 aliphatic heterocycles. The van der Waals surface area contributed by atoms with Crippen LogP contribution in [0.2, 0.25) is 5.02 Å². The molecule has 0 saturated heterocycles. The number of hydrogen-bond donors (Lipinski definition) is 0. The van der Waals surface area contributed by atoms with Crippen molar-refractivity contribution in [2.24, 2.45) is 0 Å². The molecule has 0 bridgehead atoms. The molecular weight excluding hydrogens is 443 g/mol. The van der Waals surface area contributed by atoms with Crippen LogP contribution in [0.5, 0.6) is 11.5 Å². The average Bonchev–Trinajstić information content (AvgIpc) is 3.26. The Labute approximate surface area is 188 Å². The Bertz CT molecular complexity index is 1150. The Morgan fingerprint density at radius 2 is 2.00 bits per heavy atom. The number of aldehydes is 1. The summed E-state index contributed by atoms with van der Waals surface area (Å²) in [7, 11) is 0. The minimum absolute atomic E-state index is 0.0322. The summed E-state index contributed by atoms with van der Waals surface area (Å²) < 4.78 is 53.6. The zero-order valence-electron chi connectivity index (χ0n) is 17.7. The predicted molar refractivity (Wildman–Crippen MR) is 117 cm³/mol. The Hall–Kier alpha value is -2.67. The lowest BCUT2D eigenvalue weighted by Gasteiger charge is -2.17. The fourth-order valence-electron chi connectivity index (χ4n) is 4.22. The second-order valence-electron chi connectivity index (χ2n) is 8.20. The molecule has 0 unspecified atom stereocenters. The van der Waals surface area contributed by atoms with Crippen LogP contribution in [0, 0.1) is 0 Å². The lowest BCUT2D eigenvalue weighted by atomic mass is 10.0. The molecule has 3 aromatic rings. The number of carbonyl (C=O) groups excluding carboxylic acids is 1. The molecule has 0 spiro atoms. The van der Waals surface area contributed by atoms with E-state index in [1.807, 2.05) is 6.07 Å². The Morgan fingerprint density at radius 3 is 2.69 bits per heavy atom. The average molecular weight is 466 g/mol. The highest BCUT2D eigenvalue weighted by Gasteiger charge is 2.35. The molecule has 0 aliphatic carbocycles. The number of ether oxygens (including phenoxy) is 2. The lowest BCUT2D eigenvalue weighted by molar-refractivity contribution is -0.139. The number of alkyl halides is 3. The lowest BCUT2D eigenvalue weighted by Crippen LogP contribution is -2.13. The molecule has 0 radical (unpaired) electrons. The van der Waals surface area contributed by atoms with Crippen LogP contribution in [0.4, 0.5) is 13.2 Å². The minimum atomic E-state index is -4.53. The van der Waals surface area contributed by atoms with Crippen molar-refractivity contribution in [3.8, 4) is 11.5 Å². The van der Waals surface area contributed by atoms with Crippen molar-refractivity contribution in [1.82, 2.24) is 4.57 Å².